The lowest BCUT2D eigenvalue weighted by Crippen LogP contribution is -2.22. The van der Waals surface area contributed by atoms with Gasteiger partial charge in [0, 0.05) is 27.1 Å². The highest BCUT2D eigenvalue weighted by Crippen LogP contribution is 2.20. The number of ether oxygens (including phenoxy) is 1. The number of imidazole rings is 1. The quantitative estimate of drug-likeness (QED) is 0.638. The maximum absolute atomic E-state index is 5.77. The molecule has 2 rings (SSSR count). The number of hydrogen-bond acceptors (Lipinski definition) is 2. The molecule has 2 heterocycles. The molecule has 0 fully saturated rings. The summed E-state index contributed by atoms with van der Waals surface area (Å²) in [5.41, 5.74) is 1.000. The van der Waals surface area contributed by atoms with Crippen LogP contribution in [0, 0.1) is 0 Å². The van der Waals surface area contributed by atoms with Gasteiger partial charge in [-0.15, -0.1) is 0 Å². The lowest BCUT2D eigenvalue weighted by Gasteiger charge is -2.15. The van der Waals surface area contributed by atoms with E-state index in [-0.39, 0.29) is 0 Å². The van der Waals surface area contributed by atoms with Gasteiger partial charge in [-0.3, -0.25) is 0 Å². The van der Waals surface area contributed by atoms with E-state index in [9.17, 15) is 0 Å². The Morgan fingerprint density at radius 3 is 2.84 bits per heavy atom. The smallest absolute Gasteiger partial charge is 0.159 e. The van der Waals surface area contributed by atoms with Gasteiger partial charge in [0.25, 0.3) is 0 Å². The molecule has 0 saturated carbocycles. The minimum absolute atomic E-state index is 0.539. The second-order valence-electron chi connectivity index (χ2n) is 5.79. The minimum atomic E-state index is -1.02. The van der Waals surface area contributed by atoms with Crippen molar-refractivity contribution >= 4 is 24.0 Å². The topological polar surface area (TPSA) is 42.8 Å². The first-order chi connectivity index (χ1) is 8.96. The Kier molecular flexibility index (Phi) is 4.65. The van der Waals surface area contributed by atoms with E-state index in [0.29, 0.717) is 6.73 Å². The summed E-state index contributed by atoms with van der Waals surface area (Å²) in [7, 11) is -1.02. The molecule has 0 amide bonds. The Hall–Kier alpha value is -0.853. The Morgan fingerprint density at radius 2 is 2.21 bits per heavy atom. The monoisotopic (exact) mass is 341 g/mol. The second-order valence-corrected chi connectivity index (χ2v) is 12.2. The molecular weight excluding hydrogens is 322 g/mol. The van der Waals surface area contributed by atoms with E-state index in [1.165, 1.54) is 6.04 Å². The summed E-state index contributed by atoms with van der Waals surface area (Å²) in [6.45, 7) is 8.42. The number of aromatic amines is 1. The van der Waals surface area contributed by atoms with Gasteiger partial charge in [-0.2, -0.15) is 0 Å². The highest BCUT2D eigenvalue weighted by Gasteiger charge is 2.13. The van der Waals surface area contributed by atoms with Crippen molar-refractivity contribution in [3.8, 4) is 11.5 Å². The van der Waals surface area contributed by atoms with E-state index < -0.39 is 8.07 Å². The standard InChI is InChI=1S/C13H20BrN3OSi/c1-19(2,3)8-7-18-10-17-9-12(14)16-13(17)11-5-4-6-15-11/h4-6,9,15H,7-8,10H2,1-3H3. The van der Waals surface area contributed by atoms with Crippen LogP contribution in [0.1, 0.15) is 0 Å². The van der Waals surface area contributed by atoms with Crippen LogP contribution in [0.25, 0.3) is 11.5 Å². The molecule has 4 nitrogen and oxygen atoms in total. The molecule has 2 aromatic rings. The predicted octanol–water partition coefficient (Wildman–Crippen LogP) is 3.95. The van der Waals surface area contributed by atoms with E-state index in [4.69, 9.17) is 4.74 Å². The van der Waals surface area contributed by atoms with Gasteiger partial charge < -0.3 is 14.3 Å². The highest BCUT2D eigenvalue weighted by atomic mass is 79.9. The van der Waals surface area contributed by atoms with E-state index >= 15 is 0 Å². The van der Waals surface area contributed by atoms with Gasteiger partial charge in [0.2, 0.25) is 0 Å². The molecule has 0 atom stereocenters. The molecule has 0 saturated heterocycles. The highest BCUT2D eigenvalue weighted by molar-refractivity contribution is 9.10. The second kappa shape index (κ2) is 6.07. The van der Waals surface area contributed by atoms with Crippen molar-refractivity contribution in [2.24, 2.45) is 0 Å². The van der Waals surface area contributed by atoms with Crippen LogP contribution in [0.3, 0.4) is 0 Å². The molecule has 0 bridgehead atoms. The number of nitrogens with one attached hydrogen (secondary N) is 1. The van der Waals surface area contributed by atoms with Gasteiger partial charge in [0.15, 0.2) is 5.82 Å². The largest absolute Gasteiger partial charge is 0.361 e. The molecule has 0 spiro atoms. The molecule has 0 radical (unpaired) electrons. The maximum atomic E-state index is 5.77. The van der Waals surface area contributed by atoms with Crippen LogP contribution in [-0.4, -0.2) is 29.2 Å². The van der Waals surface area contributed by atoms with E-state index in [1.54, 1.807) is 0 Å². The SMILES string of the molecule is C[Si](C)(C)CCOCn1cc(Br)nc1-c1ccc[nH]1. The molecular formula is C13H20BrN3OSi. The number of H-pyrrole nitrogens is 1. The van der Waals surface area contributed by atoms with Gasteiger partial charge in [-0.1, -0.05) is 19.6 Å². The maximum Gasteiger partial charge on any atom is 0.159 e. The first kappa shape index (κ1) is 14.6. The average Bonchev–Trinajstić information content (AvgIpc) is 2.91. The molecule has 104 valence electrons. The molecule has 2 aromatic heterocycles. The van der Waals surface area contributed by atoms with Crippen molar-refractivity contribution in [3.63, 3.8) is 0 Å². The van der Waals surface area contributed by atoms with Gasteiger partial charge in [0.05, 0.1) is 5.69 Å². The zero-order valence-corrected chi connectivity index (χ0v) is 14.2. The van der Waals surface area contributed by atoms with Crippen LogP contribution in [-0.2, 0) is 11.5 Å². The Balaban J connectivity index is 1.97. The van der Waals surface area contributed by atoms with Crippen LogP contribution < -0.4 is 0 Å². The van der Waals surface area contributed by atoms with Crippen molar-refractivity contribution in [1.82, 2.24) is 14.5 Å². The third-order valence-corrected chi connectivity index (χ3v) is 4.90. The number of aromatic nitrogens is 3. The number of nitrogens with zero attached hydrogens (tertiary/aromatic N) is 2. The van der Waals surface area contributed by atoms with Gasteiger partial charge in [-0.05, 0) is 34.1 Å². The molecule has 6 heteroatoms. The third kappa shape index (κ3) is 4.33. The first-order valence-electron chi connectivity index (χ1n) is 6.40. The van der Waals surface area contributed by atoms with E-state index in [1.807, 2.05) is 29.1 Å². The van der Waals surface area contributed by atoms with E-state index in [2.05, 4.69) is 45.5 Å². The van der Waals surface area contributed by atoms with Crippen LogP contribution in [0.15, 0.2) is 29.1 Å². The van der Waals surface area contributed by atoms with Crippen molar-refractivity contribution in [1.29, 1.82) is 0 Å². The molecule has 0 unspecified atom stereocenters. The Labute approximate surface area is 123 Å². The Bertz CT molecular complexity index is 516. The van der Waals surface area contributed by atoms with Crippen molar-refractivity contribution in [2.75, 3.05) is 6.61 Å². The zero-order valence-electron chi connectivity index (χ0n) is 11.6. The van der Waals surface area contributed by atoms with Crippen molar-refractivity contribution in [3.05, 3.63) is 29.1 Å². The fraction of sp³-hybridized carbons (Fsp3) is 0.462. The van der Waals surface area contributed by atoms with Crippen LogP contribution in [0.4, 0.5) is 0 Å². The van der Waals surface area contributed by atoms with Gasteiger partial charge in [-0.25, -0.2) is 4.98 Å². The summed E-state index contributed by atoms with van der Waals surface area (Å²) in [6.07, 6.45) is 3.85. The minimum Gasteiger partial charge on any atom is -0.361 e. The molecule has 1 N–H and O–H groups in total. The normalized spacial score (nSPS) is 12.0. The van der Waals surface area contributed by atoms with Crippen LogP contribution in [0.2, 0.25) is 25.7 Å². The summed E-state index contributed by atoms with van der Waals surface area (Å²) in [5, 5.41) is 0. The fourth-order valence-corrected chi connectivity index (χ4v) is 2.88. The molecule has 0 aliphatic rings. The van der Waals surface area contributed by atoms with Crippen LogP contribution >= 0.6 is 15.9 Å². The zero-order chi connectivity index (χ0) is 13.9. The third-order valence-electron chi connectivity index (χ3n) is 2.81. The number of hydrogen-bond donors (Lipinski definition) is 1. The summed E-state index contributed by atoms with van der Waals surface area (Å²) >= 11 is 3.41. The van der Waals surface area contributed by atoms with Gasteiger partial charge in [0.1, 0.15) is 11.3 Å². The van der Waals surface area contributed by atoms with Crippen LogP contribution in [0.5, 0.6) is 0 Å². The predicted molar refractivity (Wildman–Crippen MR) is 83.8 cm³/mol. The average molecular weight is 342 g/mol. The van der Waals surface area contributed by atoms with E-state index in [0.717, 1.165) is 22.7 Å². The number of halogens is 1. The molecule has 0 aromatic carbocycles. The summed E-state index contributed by atoms with van der Waals surface area (Å²) in [5.74, 6) is 0.893. The first-order valence-corrected chi connectivity index (χ1v) is 10.9. The summed E-state index contributed by atoms with van der Waals surface area (Å²) in [6, 6.07) is 5.16. The molecule has 0 aliphatic carbocycles. The summed E-state index contributed by atoms with van der Waals surface area (Å²) in [4.78, 5) is 7.63. The Morgan fingerprint density at radius 1 is 1.42 bits per heavy atom. The molecule has 0 aliphatic heterocycles. The van der Waals surface area contributed by atoms with Crippen molar-refractivity contribution in [2.45, 2.75) is 32.4 Å². The number of rotatable bonds is 6. The van der Waals surface area contributed by atoms with Gasteiger partial charge >= 0.3 is 0 Å². The van der Waals surface area contributed by atoms with Crippen molar-refractivity contribution < 1.29 is 4.74 Å². The lowest BCUT2D eigenvalue weighted by atomic mass is 10.4. The summed E-state index contributed by atoms with van der Waals surface area (Å²) < 4.78 is 8.61. The molecule has 19 heavy (non-hydrogen) atoms. The lowest BCUT2D eigenvalue weighted by molar-refractivity contribution is 0.0882. The fourth-order valence-electron chi connectivity index (χ4n) is 1.71.